The van der Waals surface area contributed by atoms with Crippen molar-refractivity contribution in [3.05, 3.63) is 64.2 Å². The zero-order valence-corrected chi connectivity index (χ0v) is 14.5. The normalized spacial score (nSPS) is 12.4. The Hall–Kier alpha value is -1.25. The molecule has 0 saturated carbocycles. The first-order valence-corrected chi connectivity index (χ1v) is 8.44. The van der Waals surface area contributed by atoms with Crippen molar-refractivity contribution >= 4 is 11.8 Å². The summed E-state index contributed by atoms with van der Waals surface area (Å²) in [6.07, 6.45) is 0. The average molecular weight is 299 g/mol. The Balaban J connectivity index is 2.14. The second kappa shape index (κ2) is 7.15. The van der Waals surface area contributed by atoms with Crippen LogP contribution in [0.25, 0.3) is 0 Å². The number of aryl methyl sites for hydroxylation is 4. The molecule has 1 unspecified atom stereocenters. The molecule has 0 aliphatic rings. The minimum atomic E-state index is 0.385. The molecule has 0 amide bonds. The van der Waals surface area contributed by atoms with Crippen LogP contribution in [0.15, 0.2) is 41.3 Å². The minimum absolute atomic E-state index is 0.385. The minimum Gasteiger partial charge on any atom is -0.312 e. The van der Waals surface area contributed by atoms with Crippen LogP contribution in [0.5, 0.6) is 0 Å². The van der Waals surface area contributed by atoms with Gasteiger partial charge in [0.15, 0.2) is 0 Å². The van der Waals surface area contributed by atoms with Gasteiger partial charge in [-0.05, 0) is 57.5 Å². The summed E-state index contributed by atoms with van der Waals surface area (Å²) >= 11 is 1.94. The van der Waals surface area contributed by atoms with Gasteiger partial charge in [0.25, 0.3) is 0 Å². The van der Waals surface area contributed by atoms with Gasteiger partial charge >= 0.3 is 0 Å². The molecule has 0 heterocycles. The molecule has 112 valence electrons. The van der Waals surface area contributed by atoms with Gasteiger partial charge in [-0.15, -0.1) is 11.8 Å². The third kappa shape index (κ3) is 4.12. The zero-order valence-electron chi connectivity index (χ0n) is 13.7. The zero-order chi connectivity index (χ0) is 15.4. The average Bonchev–Trinajstić information content (AvgIpc) is 2.44. The molecular weight excluding hydrogens is 274 g/mol. The third-order valence-electron chi connectivity index (χ3n) is 3.90. The van der Waals surface area contributed by atoms with E-state index in [1.807, 2.05) is 18.8 Å². The maximum atomic E-state index is 3.46. The Morgan fingerprint density at radius 3 is 2.24 bits per heavy atom. The lowest BCUT2D eigenvalue weighted by molar-refractivity contribution is 0.657. The second-order valence-electron chi connectivity index (χ2n) is 5.78. The Bertz CT molecular complexity index is 619. The molecule has 2 rings (SSSR count). The summed E-state index contributed by atoms with van der Waals surface area (Å²) < 4.78 is 0. The lowest BCUT2D eigenvalue weighted by Crippen LogP contribution is -2.19. The van der Waals surface area contributed by atoms with E-state index in [9.17, 15) is 0 Å². The maximum absolute atomic E-state index is 3.46. The van der Waals surface area contributed by atoms with Crippen molar-refractivity contribution < 1.29 is 0 Å². The molecule has 0 spiro atoms. The number of hydrogen-bond acceptors (Lipinski definition) is 2. The highest BCUT2D eigenvalue weighted by Gasteiger charge is 2.13. The summed E-state index contributed by atoms with van der Waals surface area (Å²) in [7, 11) is 2.05. The topological polar surface area (TPSA) is 12.0 Å². The lowest BCUT2D eigenvalue weighted by Gasteiger charge is -2.19. The molecule has 1 N–H and O–H groups in total. The maximum Gasteiger partial charge on any atom is 0.0415 e. The van der Waals surface area contributed by atoms with Crippen molar-refractivity contribution in [3.63, 3.8) is 0 Å². The van der Waals surface area contributed by atoms with E-state index in [4.69, 9.17) is 0 Å². The highest BCUT2D eigenvalue weighted by atomic mass is 32.2. The van der Waals surface area contributed by atoms with Crippen LogP contribution in [-0.2, 0) is 0 Å². The van der Waals surface area contributed by atoms with E-state index < -0.39 is 0 Å². The van der Waals surface area contributed by atoms with Crippen molar-refractivity contribution in [2.75, 3.05) is 12.8 Å². The summed E-state index contributed by atoms with van der Waals surface area (Å²) in [6.45, 7) is 8.70. The second-order valence-corrected chi connectivity index (χ2v) is 6.84. The predicted octanol–water partition coefficient (Wildman–Crippen LogP) is 4.97. The van der Waals surface area contributed by atoms with E-state index in [2.05, 4.69) is 69.4 Å². The number of hydrogen-bond donors (Lipinski definition) is 1. The van der Waals surface area contributed by atoms with Gasteiger partial charge in [0.2, 0.25) is 0 Å². The van der Waals surface area contributed by atoms with Gasteiger partial charge in [0.05, 0.1) is 0 Å². The van der Waals surface area contributed by atoms with E-state index in [-0.39, 0.29) is 0 Å². The Kier molecular flexibility index (Phi) is 5.49. The number of nitrogens with one attached hydrogen (secondary N) is 1. The molecule has 0 bridgehead atoms. The van der Waals surface area contributed by atoms with Crippen LogP contribution in [0.4, 0.5) is 0 Å². The Morgan fingerprint density at radius 1 is 0.905 bits per heavy atom. The molecular formula is C19H25NS. The van der Waals surface area contributed by atoms with Gasteiger partial charge in [0, 0.05) is 16.7 Å². The Labute approximate surface area is 133 Å². The van der Waals surface area contributed by atoms with E-state index >= 15 is 0 Å². The summed E-state index contributed by atoms with van der Waals surface area (Å²) in [6, 6.07) is 13.8. The SMILES string of the molecule is CNC(CSc1cc(C)ccc1C)c1ccc(C)cc1C. The number of rotatable bonds is 5. The summed E-state index contributed by atoms with van der Waals surface area (Å²) in [5.41, 5.74) is 6.79. The van der Waals surface area contributed by atoms with Crippen molar-refractivity contribution in [2.45, 2.75) is 38.6 Å². The van der Waals surface area contributed by atoms with Gasteiger partial charge < -0.3 is 5.32 Å². The molecule has 0 saturated heterocycles. The quantitative estimate of drug-likeness (QED) is 0.782. The first kappa shape index (κ1) is 16.1. The fourth-order valence-electron chi connectivity index (χ4n) is 2.58. The lowest BCUT2D eigenvalue weighted by atomic mass is 10.0. The summed E-state index contributed by atoms with van der Waals surface area (Å²) in [4.78, 5) is 1.39. The largest absolute Gasteiger partial charge is 0.312 e. The standard InChI is InChI=1S/C19H25NS/c1-13-7-9-17(16(4)10-13)18(20-5)12-21-19-11-14(2)6-8-15(19)3/h6-11,18,20H,12H2,1-5H3. The highest BCUT2D eigenvalue weighted by molar-refractivity contribution is 7.99. The van der Waals surface area contributed by atoms with Crippen molar-refractivity contribution in [2.24, 2.45) is 0 Å². The van der Waals surface area contributed by atoms with Crippen LogP contribution in [0, 0.1) is 27.7 Å². The third-order valence-corrected chi connectivity index (χ3v) is 5.15. The van der Waals surface area contributed by atoms with Crippen LogP contribution in [0.2, 0.25) is 0 Å². The molecule has 2 heteroatoms. The van der Waals surface area contributed by atoms with Gasteiger partial charge in [-0.25, -0.2) is 0 Å². The predicted molar refractivity (Wildman–Crippen MR) is 94.4 cm³/mol. The summed E-state index contributed by atoms with van der Waals surface area (Å²) in [5.74, 6) is 1.05. The first-order chi connectivity index (χ1) is 10.0. The molecule has 0 radical (unpaired) electrons. The van der Waals surface area contributed by atoms with Gasteiger partial charge in [-0.3, -0.25) is 0 Å². The van der Waals surface area contributed by atoms with Crippen LogP contribution >= 0.6 is 11.8 Å². The van der Waals surface area contributed by atoms with E-state index in [1.165, 1.54) is 32.7 Å². The molecule has 0 aliphatic heterocycles. The fraction of sp³-hybridized carbons (Fsp3) is 0.368. The van der Waals surface area contributed by atoms with E-state index in [0.29, 0.717) is 6.04 Å². The molecule has 1 atom stereocenters. The van der Waals surface area contributed by atoms with Crippen molar-refractivity contribution in [1.82, 2.24) is 5.32 Å². The molecule has 1 nitrogen and oxygen atoms in total. The van der Waals surface area contributed by atoms with Gasteiger partial charge in [-0.2, -0.15) is 0 Å². The van der Waals surface area contributed by atoms with Gasteiger partial charge in [-0.1, -0.05) is 41.5 Å². The van der Waals surface area contributed by atoms with E-state index in [1.54, 1.807) is 0 Å². The van der Waals surface area contributed by atoms with Crippen LogP contribution in [-0.4, -0.2) is 12.8 Å². The number of thioether (sulfide) groups is 1. The van der Waals surface area contributed by atoms with Crippen molar-refractivity contribution in [1.29, 1.82) is 0 Å². The smallest absolute Gasteiger partial charge is 0.0415 e. The van der Waals surface area contributed by atoms with Crippen LogP contribution in [0.3, 0.4) is 0 Å². The summed E-state index contributed by atoms with van der Waals surface area (Å²) in [5, 5.41) is 3.46. The van der Waals surface area contributed by atoms with E-state index in [0.717, 1.165) is 5.75 Å². The molecule has 0 aromatic heterocycles. The monoisotopic (exact) mass is 299 g/mol. The number of benzene rings is 2. The van der Waals surface area contributed by atoms with Crippen molar-refractivity contribution in [3.8, 4) is 0 Å². The molecule has 21 heavy (non-hydrogen) atoms. The van der Waals surface area contributed by atoms with Crippen LogP contribution in [0.1, 0.15) is 33.9 Å². The van der Waals surface area contributed by atoms with Crippen LogP contribution < -0.4 is 5.32 Å². The molecule has 0 fully saturated rings. The molecule has 2 aromatic rings. The fourth-order valence-corrected chi connectivity index (χ4v) is 3.84. The molecule has 2 aromatic carbocycles. The van der Waals surface area contributed by atoms with Gasteiger partial charge in [0.1, 0.15) is 0 Å². The molecule has 0 aliphatic carbocycles. The first-order valence-electron chi connectivity index (χ1n) is 7.45. The Morgan fingerprint density at radius 2 is 1.57 bits per heavy atom. The highest BCUT2D eigenvalue weighted by Crippen LogP contribution is 2.29.